The van der Waals surface area contributed by atoms with Crippen LogP contribution in [-0.4, -0.2) is 17.1 Å². The van der Waals surface area contributed by atoms with Crippen LogP contribution in [0.15, 0.2) is 52.6 Å². The van der Waals surface area contributed by atoms with Gasteiger partial charge in [0.2, 0.25) is 0 Å². The molecule has 3 rings (SSSR count). The van der Waals surface area contributed by atoms with Gasteiger partial charge in [-0.3, -0.25) is 0 Å². The number of rotatable bonds is 3. The van der Waals surface area contributed by atoms with E-state index in [1.165, 1.54) is 31.3 Å². The van der Waals surface area contributed by atoms with Crippen molar-refractivity contribution >= 4 is 28.4 Å². The number of methoxy groups -OCH3 is 1. The molecule has 2 aromatic carbocycles. The molecule has 0 atom stereocenters. The fraction of sp³-hybridized carbons (Fsp3) is 0.0667. The second-order valence-corrected chi connectivity index (χ2v) is 5.35. The molecule has 4 nitrogen and oxygen atoms in total. The highest BCUT2D eigenvalue weighted by atomic mass is 32.2. The molecule has 0 spiro atoms. The number of nitrogens with zero attached hydrogens (tertiary/aromatic N) is 2. The van der Waals surface area contributed by atoms with Crippen LogP contribution in [0, 0.1) is 5.82 Å². The zero-order valence-corrected chi connectivity index (χ0v) is 12.0. The van der Waals surface area contributed by atoms with Crippen molar-refractivity contribution in [3.8, 4) is 5.75 Å². The second-order valence-electron chi connectivity index (χ2n) is 4.32. The van der Waals surface area contributed by atoms with Crippen molar-refractivity contribution in [1.29, 1.82) is 0 Å². The van der Waals surface area contributed by atoms with E-state index in [1.807, 2.05) is 24.3 Å². The summed E-state index contributed by atoms with van der Waals surface area (Å²) in [6.45, 7) is 0. The number of para-hydroxylation sites is 1. The highest BCUT2D eigenvalue weighted by Crippen LogP contribution is 2.37. The van der Waals surface area contributed by atoms with Gasteiger partial charge in [0, 0.05) is 22.0 Å². The zero-order valence-electron chi connectivity index (χ0n) is 11.2. The van der Waals surface area contributed by atoms with E-state index >= 15 is 0 Å². The minimum absolute atomic E-state index is 0.157. The lowest BCUT2D eigenvalue weighted by molar-refractivity contribution is 0.385. The quantitative estimate of drug-likeness (QED) is 0.592. The maximum absolute atomic E-state index is 13.6. The predicted octanol–water partition coefficient (Wildman–Crippen LogP) is 3.51. The molecule has 0 fully saturated rings. The summed E-state index contributed by atoms with van der Waals surface area (Å²) >= 11 is 1.36. The third-order valence-corrected chi connectivity index (χ3v) is 4.09. The van der Waals surface area contributed by atoms with Gasteiger partial charge in [0.1, 0.15) is 11.4 Å². The molecule has 6 heteroatoms. The van der Waals surface area contributed by atoms with Crippen molar-refractivity contribution in [3.05, 3.63) is 48.5 Å². The van der Waals surface area contributed by atoms with E-state index in [2.05, 4.69) is 9.97 Å². The average molecular weight is 301 g/mol. The lowest BCUT2D eigenvalue weighted by Gasteiger charge is -2.09. The van der Waals surface area contributed by atoms with Gasteiger partial charge in [0.15, 0.2) is 11.6 Å². The lowest BCUT2D eigenvalue weighted by atomic mass is 10.2. The summed E-state index contributed by atoms with van der Waals surface area (Å²) in [5, 5.41) is 1.69. The van der Waals surface area contributed by atoms with E-state index < -0.39 is 5.82 Å². The van der Waals surface area contributed by atoms with Crippen LogP contribution in [0.1, 0.15) is 0 Å². The van der Waals surface area contributed by atoms with Crippen LogP contribution in [0.5, 0.6) is 5.75 Å². The summed E-state index contributed by atoms with van der Waals surface area (Å²) in [6.07, 6.45) is 1.50. The summed E-state index contributed by atoms with van der Waals surface area (Å²) in [7, 11) is 1.42. The smallest absolute Gasteiger partial charge is 0.167 e. The molecule has 0 aliphatic heterocycles. The Morgan fingerprint density at radius 2 is 2.00 bits per heavy atom. The molecule has 1 heterocycles. The van der Waals surface area contributed by atoms with E-state index in [9.17, 15) is 4.39 Å². The molecule has 0 radical (unpaired) electrons. The number of hydrogen-bond acceptors (Lipinski definition) is 5. The zero-order chi connectivity index (χ0) is 14.8. The normalized spacial score (nSPS) is 10.8. The van der Waals surface area contributed by atoms with Crippen molar-refractivity contribution in [2.24, 2.45) is 0 Å². The second kappa shape index (κ2) is 5.57. The summed E-state index contributed by atoms with van der Waals surface area (Å²) in [4.78, 5) is 9.19. The highest BCUT2D eigenvalue weighted by Gasteiger charge is 2.12. The van der Waals surface area contributed by atoms with Crippen molar-refractivity contribution in [2.75, 3.05) is 12.8 Å². The fourth-order valence-corrected chi connectivity index (χ4v) is 2.89. The molecule has 1 aromatic heterocycles. The molecular weight excluding hydrogens is 289 g/mol. The van der Waals surface area contributed by atoms with E-state index in [4.69, 9.17) is 10.5 Å². The standard InChI is InChI=1S/C15H12FN3OS/c1-20-13-7-14(11(17)6-10(13)16)21-15-9-4-2-3-5-12(9)18-8-19-15/h2-8H,17H2,1H3. The fourth-order valence-electron chi connectivity index (χ4n) is 1.96. The summed E-state index contributed by atoms with van der Waals surface area (Å²) in [5.41, 5.74) is 7.07. The van der Waals surface area contributed by atoms with Gasteiger partial charge in [-0.05, 0) is 12.1 Å². The first-order valence-corrected chi connectivity index (χ1v) is 7.01. The molecule has 0 saturated heterocycles. The molecular formula is C15H12FN3OS. The predicted molar refractivity (Wildman–Crippen MR) is 81.0 cm³/mol. The summed E-state index contributed by atoms with van der Waals surface area (Å²) < 4.78 is 18.6. The van der Waals surface area contributed by atoms with Gasteiger partial charge in [-0.2, -0.15) is 0 Å². The Kier molecular flexibility index (Phi) is 3.62. The number of benzene rings is 2. The Hall–Kier alpha value is -2.34. The van der Waals surface area contributed by atoms with Crippen molar-refractivity contribution in [1.82, 2.24) is 9.97 Å². The van der Waals surface area contributed by atoms with Crippen LogP contribution in [0.25, 0.3) is 10.9 Å². The molecule has 0 bridgehead atoms. The molecule has 3 aromatic rings. The minimum Gasteiger partial charge on any atom is -0.494 e. The van der Waals surface area contributed by atoms with E-state index in [0.29, 0.717) is 10.6 Å². The molecule has 0 aliphatic rings. The van der Waals surface area contributed by atoms with Crippen LogP contribution < -0.4 is 10.5 Å². The van der Waals surface area contributed by atoms with Gasteiger partial charge >= 0.3 is 0 Å². The number of ether oxygens (including phenoxy) is 1. The number of fused-ring (bicyclic) bond motifs is 1. The largest absolute Gasteiger partial charge is 0.494 e. The Balaban J connectivity index is 2.07. The molecule has 106 valence electrons. The number of halogens is 1. The highest BCUT2D eigenvalue weighted by molar-refractivity contribution is 7.99. The molecule has 0 aliphatic carbocycles. The van der Waals surface area contributed by atoms with E-state index in [-0.39, 0.29) is 5.75 Å². The van der Waals surface area contributed by atoms with Crippen LogP contribution in [0.4, 0.5) is 10.1 Å². The van der Waals surface area contributed by atoms with Crippen molar-refractivity contribution in [2.45, 2.75) is 9.92 Å². The minimum atomic E-state index is -0.480. The first-order chi connectivity index (χ1) is 10.2. The average Bonchev–Trinajstić information content (AvgIpc) is 2.50. The number of nitrogen functional groups attached to an aromatic ring is 1. The maximum atomic E-state index is 13.6. The molecule has 0 unspecified atom stereocenters. The molecule has 21 heavy (non-hydrogen) atoms. The Morgan fingerprint density at radius 1 is 1.19 bits per heavy atom. The number of nitrogens with two attached hydrogens (primary N) is 1. The van der Waals surface area contributed by atoms with Crippen LogP contribution >= 0.6 is 11.8 Å². The Bertz CT molecular complexity index is 805. The van der Waals surface area contributed by atoms with Crippen molar-refractivity contribution < 1.29 is 9.13 Å². The lowest BCUT2D eigenvalue weighted by Crippen LogP contribution is -1.95. The Morgan fingerprint density at radius 3 is 2.81 bits per heavy atom. The van der Waals surface area contributed by atoms with Crippen molar-refractivity contribution in [3.63, 3.8) is 0 Å². The van der Waals surface area contributed by atoms with Crippen LogP contribution in [-0.2, 0) is 0 Å². The first kappa shape index (κ1) is 13.6. The van der Waals surface area contributed by atoms with Gasteiger partial charge in [-0.15, -0.1) is 0 Å². The monoisotopic (exact) mass is 301 g/mol. The van der Waals surface area contributed by atoms with Gasteiger partial charge < -0.3 is 10.5 Å². The van der Waals surface area contributed by atoms with Gasteiger partial charge in [-0.25, -0.2) is 14.4 Å². The third-order valence-electron chi connectivity index (χ3n) is 3.00. The maximum Gasteiger partial charge on any atom is 0.167 e. The Labute approximate surface area is 125 Å². The molecule has 0 saturated carbocycles. The SMILES string of the molecule is COc1cc(Sc2ncnc3ccccc23)c(N)cc1F. The van der Waals surface area contributed by atoms with Gasteiger partial charge in [0.25, 0.3) is 0 Å². The number of aromatic nitrogens is 2. The van der Waals surface area contributed by atoms with Crippen LogP contribution in [0.2, 0.25) is 0 Å². The van der Waals surface area contributed by atoms with Gasteiger partial charge in [-0.1, -0.05) is 30.0 Å². The van der Waals surface area contributed by atoms with E-state index in [0.717, 1.165) is 15.9 Å². The summed E-state index contributed by atoms with van der Waals surface area (Å²) in [6, 6.07) is 10.5. The van der Waals surface area contributed by atoms with E-state index in [1.54, 1.807) is 6.07 Å². The molecule has 0 amide bonds. The topological polar surface area (TPSA) is 61.0 Å². The van der Waals surface area contributed by atoms with Crippen LogP contribution in [0.3, 0.4) is 0 Å². The summed E-state index contributed by atoms with van der Waals surface area (Å²) in [5.74, 6) is -0.322. The number of hydrogen-bond donors (Lipinski definition) is 1. The molecule has 2 N–H and O–H groups in total. The number of anilines is 1. The first-order valence-electron chi connectivity index (χ1n) is 6.19. The van der Waals surface area contributed by atoms with Gasteiger partial charge in [0.05, 0.1) is 12.6 Å². The third kappa shape index (κ3) is 2.62.